The number of carbonyl (C=O) groups excluding carboxylic acids is 1. The van der Waals surface area contributed by atoms with Crippen molar-refractivity contribution in [3.8, 4) is 6.07 Å². The Balaban J connectivity index is 2.78. The average Bonchev–Trinajstić information content (AvgIpc) is 2.44. The molecule has 0 aromatic heterocycles. The first kappa shape index (κ1) is 18.0. The topological polar surface area (TPSA) is 90.3 Å². The smallest absolute Gasteiger partial charge is 0.232 e. The molecule has 0 heterocycles. The normalized spacial score (nSPS) is 11.0. The highest BCUT2D eigenvalue weighted by molar-refractivity contribution is 7.92. The fraction of sp³-hybridized carbons (Fsp3) is 0.467. The van der Waals surface area contributed by atoms with Crippen LogP contribution in [0.15, 0.2) is 24.3 Å². The summed E-state index contributed by atoms with van der Waals surface area (Å²) in [6.45, 7) is 4.60. The quantitative estimate of drug-likeness (QED) is 0.823. The number of sulfonamides is 1. The lowest BCUT2D eigenvalue weighted by atomic mass is 10.2. The molecule has 0 bridgehead atoms. The first-order valence-corrected chi connectivity index (χ1v) is 8.83. The molecule has 1 amide bonds. The first-order valence-electron chi connectivity index (χ1n) is 6.98. The van der Waals surface area contributed by atoms with Gasteiger partial charge in [-0.2, -0.15) is 5.26 Å². The molecule has 0 spiro atoms. The Morgan fingerprint density at radius 2 is 1.91 bits per heavy atom. The molecule has 6 nitrogen and oxygen atoms in total. The SMILES string of the molecule is CC(C)CNC(=O)CCN(c1ccc(C#N)cc1)S(C)(=O)=O. The number of nitrogens with zero attached hydrogens (tertiary/aromatic N) is 2. The minimum absolute atomic E-state index is 0.0641. The van der Waals surface area contributed by atoms with Crippen molar-refractivity contribution < 1.29 is 13.2 Å². The molecule has 0 aliphatic rings. The average molecular weight is 323 g/mol. The van der Waals surface area contributed by atoms with Gasteiger partial charge in [-0.25, -0.2) is 8.42 Å². The summed E-state index contributed by atoms with van der Waals surface area (Å²) < 4.78 is 25.0. The third kappa shape index (κ3) is 5.74. The summed E-state index contributed by atoms with van der Waals surface area (Å²) in [5.74, 6) is 0.157. The van der Waals surface area contributed by atoms with Gasteiger partial charge in [-0.05, 0) is 30.2 Å². The Hall–Kier alpha value is -2.07. The summed E-state index contributed by atoms with van der Waals surface area (Å²) in [6, 6.07) is 8.20. The van der Waals surface area contributed by atoms with E-state index in [4.69, 9.17) is 5.26 Å². The molecule has 1 N–H and O–H groups in total. The van der Waals surface area contributed by atoms with Crippen molar-refractivity contribution in [1.82, 2.24) is 5.32 Å². The summed E-state index contributed by atoms with van der Waals surface area (Å²) >= 11 is 0. The van der Waals surface area contributed by atoms with Crippen molar-refractivity contribution in [1.29, 1.82) is 5.26 Å². The van der Waals surface area contributed by atoms with Gasteiger partial charge >= 0.3 is 0 Å². The van der Waals surface area contributed by atoms with Gasteiger partial charge < -0.3 is 5.32 Å². The molecule has 0 aliphatic carbocycles. The number of benzene rings is 1. The van der Waals surface area contributed by atoms with Gasteiger partial charge in [0.2, 0.25) is 15.9 Å². The summed E-state index contributed by atoms with van der Waals surface area (Å²) in [5, 5.41) is 11.5. The van der Waals surface area contributed by atoms with Gasteiger partial charge in [-0.3, -0.25) is 9.10 Å². The zero-order valence-corrected chi connectivity index (χ0v) is 13.9. The second kappa shape index (κ2) is 7.80. The van der Waals surface area contributed by atoms with E-state index in [9.17, 15) is 13.2 Å². The van der Waals surface area contributed by atoms with Gasteiger partial charge in [0.15, 0.2) is 0 Å². The summed E-state index contributed by atoms with van der Waals surface area (Å²) in [6.07, 6.45) is 1.18. The van der Waals surface area contributed by atoms with E-state index >= 15 is 0 Å². The lowest BCUT2D eigenvalue weighted by Crippen LogP contribution is -2.35. The highest BCUT2D eigenvalue weighted by atomic mass is 32.2. The zero-order chi connectivity index (χ0) is 16.8. The van der Waals surface area contributed by atoms with Crippen molar-refractivity contribution in [2.24, 2.45) is 5.92 Å². The molecule has 1 aromatic carbocycles. The molecule has 0 fully saturated rings. The molecule has 0 aliphatic heterocycles. The summed E-state index contributed by atoms with van der Waals surface area (Å²) in [7, 11) is -3.49. The van der Waals surface area contributed by atoms with Crippen LogP contribution in [0.5, 0.6) is 0 Å². The predicted octanol–water partition coefficient (Wildman–Crippen LogP) is 1.49. The van der Waals surface area contributed by atoms with Crippen molar-refractivity contribution in [2.75, 3.05) is 23.7 Å². The first-order chi connectivity index (χ1) is 10.2. The van der Waals surface area contributed by atoms with E-state index in [2.05, 4.69) is 5.32 Å². The molecular formula is C15H21N3O3S. The Labute approximate surface area is 131 Å². The van der Waals surface area contributed by atoms with Crippen LogP contribution in [0.3, 0.4) is 0 Å². The monoisotopic (exact) mass is 323 g/mol. The van der Waals surface area contributed by atoms with E-state index in [-0.39, 0.29) is 18.9 Å². The van der Waals surface area contributed by atoms with E-state index in [0.29, 0.717) is 23.7 Å². The second-order valence-electron chi connectivity index (χ2n) is 5.44. The van der Waals surface area contributed by atoms with Crippen LogP contribution in [0.1, 0.15) is 25.8 Å². The number of anilines is 1. The largest absolute Gasteiger partial charge is 0.356 e. The third-order valence-corrected chi connectivity index (χ3v) is 4.13. The molecule has 1 rings (SSSR count). The molecule has 0 saturated carbocycles. The number of nitriles is 1. The maximum absolute atomic E-state index is 11.9. The maximum atomic E-state index is 11.9. The number of carbonyl (C=O) groups is 1. The molecule has 22 heavy (non-hydrogen) atoms. The Kier molecular flexibility index (Phi) is 6.38. The Morgan fingerprint density at radius 3 is 2.36 bits per heavy atom. The fourth-order valence-electron chi connectivity index (χ4n) is 1.80. The predicted molar refractivity (Wildman–Crippen MR) is 85.8 cm³/mol. The van der Waals surface area contributed by atoms with Crippen LogP contribution in [0.2, 0.25) is 0 Å². The molecule has 7 heteroatoms. The van der Waals surface area contributed by atoms with Crippen LogP contribution in [0.25, 0.3) is 0 Å². The molecular weight excluding hydrogens is 302 g/mol. The van der Waals surface area contributed by atoms with Crippen LogP contribution in [0, 0.1) is 17.2 Å². The summed E-state index contributed by atoms with van der Waals surface area (Å²) in [5.41, 5.74) is 0.894. The molecule has 0 unspecified atom stereocenters. The number of hydrogen-bond donors (Lipinski definition) is 1. The highest BCUT2D eigenvalue weighted by Gasteiger charge is 2.18. The number of rotatable bonds is 7. The lowest BCUT2D eigenvalue weighted by Gasteiger charge is -2.22. The van der Waals surface area contributed by atoms with Gasteiger partial charge in [-0.15, -0.1) is 0 Å². The number of nitrogens with one attached hydrogen (secondary N) is 1. The van der Waals surface area contributed by atoms with Crippen LogP contribution in [0.4, 0.5) is 5.69 Å². The highest BCUT2D eigenvalue weighted by Crippen LogP contribution is 2.18. The van der Waals surface area contributed by atoms with Crippen LogP contribution in [-0.4, -0.2) is 33.7 Å². The zero-order valence-electron chi connectivity index (χ0n) is 13.0. The molecule has 120 valence electrons. The number of hydrogen-bond acceptors (Lipinski definition) is 4. The molecule has 0 atom stereocenters. The maximum Gasteiger partial charge on any atom is 0.232 e. The van der Waals surface area contributed by atoms with Gasteiger partial charge in [-0.1, -0.05) is 13.8 Å². The molecule has 1 aromatic rings. The van der Waals surface area contributed by atoms with E-state index < -0.39 is 10.0 Å². The third-order valence-electron chi connectivity index (χ3n) is 2.93. The summed E-state index contributed by atoms with van der Waals surface area (Å²) in [4.78, 5) is 11.7. The van der Waals surface area contributed by atoms with Crippen molar-refractivity contribution in [3.63, 3.8) is 0 Å². The van der Waals surface area contributed by atoms with Crippen LogP contribution >= 0.6 is 0 Å². The number of amides is 1. The van der Waals surface area contributed by atoms with Gasteiger partial charge in [0.05, 0.1) is 23.6 Å². The van der Waals surface area contributed by atoms with Crippen LogP contribution < -0.4 is 9.62 Å². The van der Waals surface area contributed by atoms with E-state index in [0.717, 1.165) is 6.26 Å². The minimum Gasteiger partial charge on any atom is -0.356 e. The molecule has 0 saturated heterocycles. The van der Waals surface area contributed by atoms with Gasteiger partial charge in [0.1, 0.15) is 0 Å². The lowest BCUT2D eigenvalue weighted by molar-refractivity contribution is -0.121. The van der Waals surface area contributed by atoms with Crippen molar-refractivity contribution in [2.45, 2.75) is 20.3 Å². The Morgan fingerprint density at radius 1 is 1.32 bits per heavy atom. The van der Waals surface area contributed by atoms with Gasteiger partial charge in [0, 0.05) is 19.5 Å². The van der Waals surface area contributed by atoms with Crippen molar-refractivity contribution >= 4 is 21.6 Å². The minimum atomic E-state index is -3.49. The van der Waals surface area contributed by atoms with Crippen molar-refractivity contribution in [3.05, 3.63) is 29.8 Å². The van der Waals surface area contributed by atoms with Crippen LogP contribution in [-0.2, 0) is 14.8 Å². The van der Waals surface area contributed by atoms with E-state index in [1.54, 1.807) is 24.3 Å². The van der Waals surface area contributed by atoms with Gasteiger partial charge in [0.25, 0.3) is 0 Å². The molecule has 0 radical (unpaired) electrons. The fourth-order valence-corrected chi connectivity index (χ4v) is 2.73. The van der Waals surface area contributed by atoms with E-state index in [1.165, 1.54) is 4.31 Å². The van der Waals surface area contributed by atoms with E-state index in [1.807, 2.05) is 19.9 Å². The standard InChI is InChI=1S/C15H21N3O3S/c1-12(2)11-17-15(19)8-9-18(22(3,20)21)14-6-4-13(10-16)5-7-14/h4-7,12H,8-9,11H2,1-3H3,(H,17,19). The Bertz CT molecular complexity index is 646. The second-order valence-corrected chi connectivity index (χ2v) is 7.35.